The molecule has 2 amide bonds. The van der Waals surface area contributed by atoms with Gasteiger partial charge in [0.15, 0.2) is 0 Å². The average molecular weight is 316 g/mol. The Morgan fingerprint density at radius 3 is 2.74 bits per heavy atom. The predicted molar refractivity (Wildman–Crippen MR) is 80.8 cm³/mol. The molecule has 2 N–H and O–H groups in total. The summed E-state index contributed by atoms with van der Waals surface area (Å²) in [6.07, 6.45) is 2.14. The number of rotatable bonds is 6. The standard InChI is InChI=1S/C17H17FN2O3/c18-15-6-2-1-5-12(15)13-8-14(13)17(22)20-10-16(21)19-9-11-4-3-7-23-11/h1-7,13-14H,8-10H2,(H,19,21)(H,20,22). The molecule has 1 aromatic heterocycles. The monoisotopic (exact) mass is 316 g/mol. The molecule has 1 heterocycles. The Morgan fingerprint density at radius 2 is 2.00 bits per heavy atom. The van der Waals surface area contributed by atoms with E-state index in [-0.39, 0.29) is 42.6 Å². The second kappa shape index (κ2) is 6.64. The van der Waals surface area contributed by atoms with Gasteiger partial charge < -0.3 is 15.1 Å². The summed E-state index contributed by atoms with van der Waals surface area (Å²) in [5.41, 5.74) is 0.565. The molecule has 1 saturated carbocycles. The smallest absolute Gasteiger partial charge is 0.239 e. The summed E-state index contributed by atoms with van der Waals surface area (Å²) in [5.74, 6) is -0.508. The van der Waals surface area contributed by atoms with E-state index >= 15 is 0 Å². The van der Waals surface area contributed by atoms with Crippen molar-refractivity contribution in [2.45, 2.75) is 18.9 Å². The van der Waals surface area contributed by atoms with Crippen LogP contribution in [0.3, 0.4) is 0 Å². The number of hydrogen-bond acceptors (Lipinski definition) is 3. The van der Waals surface area contributed by atoms with Crippen molar-refractivity contribution < 1.29 is 18.4 Å². The van der Waals surface area contributed by atoms with E-state index in [0.717, 1.165) is 0 Å². The zero-order valence-electron chi connectivity index (χ0n) is 12.4. The van der Waals surface area contributed by atoms with E-state index in [2.05, 4.69) is 10.6 Å². The van der Waals surface area contributed by atoms with Crippen LogP contribution >= 0.6 is 0 Å². The molecule has 1 aliphatic carbocycles. The number of amides is 2. The molecule has 3 rings (SSSR count). The van der Waals surface area contributed by atoms with Crippen molar-refractivity contribution in [3.8, 4) is 0 Å². The first kappa shape index (κ1) is 15.3. The lowest BCUT2D eigenvalue weighted by Crippen LogP contribution is -2.37. The molecule has 1 fully saturated rings. The minimum absolute atomic E-state index is 0.0950. The molecule has 2 aromatic rings. The van der Waals surface area contributed by atoms with Crippen molar-refractivity contribution in [3.05, 3.63) is 59.8 Å². The molecule has 0 bridgehead atoms. The molecule has 6 heteroatoms. The van der Waals surface area contributed by atoms with Gasteiger partial charge in [0.1, 0.15) is 11.6 Å². The van der Waals surface area contributed by atoms with E-state index in [9.17, 15) is 14.0 Å². The lowest BCUT2D eigenvalue weighted by atomic mass is 10.1. The number of nitrogens with one attached hydrogen (secondary N) is 2. The fourth-order valence-electron chi connectivity index (χ4n) is 2.56. The van der Waals surface area contributed by atoms with Gasteiger partial charge in [0.2, 0.25) is 11.8 Å². The van der Waals surface area contributed by atoms with Crippen molar-refractivity contribution in [2.75, 3.05) is 6.54 Å². The predicted octanol–water partition coefficient (Wildman–Crippen LogP) is 1.95. The molecule has 120 valence electrons. The third kappa shape index (κ3) is 3.77. The van der Waals surface area contributed by atoms with Crippen LogP contribution in [0.5, 0.6) is 0 Å². The van der Waals surface area contributed by atoms with E-state index in [1.165, 1.54) is 12.3 Å². The molecular formula is C17H17FN2O3. The van der Waals surface area contributed by atoms with E-state index in [4.69, 9.17) is 4.42 Å². The third-order valence-corrected chi connectivity index (χ3v) is 3.89. The molecule has 0 radical (unpaired) electrons. The number of halogens is 1. The van der Waals surface area contributed by atoms with E-state index in [1.54, 1.807) is 30.3 Å². The van der Waals surface area contributed by atoms with Crippen LogP contribution < -0.4 is 10.6 Å². The van der Waals surface area contributed by atoms with Crippen molar-refractivity contribution in [3.63, 3.8) is 0 Å². The van der Waals surface area contributed by atoms with E-state index in [1.807, 2.05) is 0 Å². The molecule has 23 heavy (non-hydrogen) atoms. The number of carbonyl (C=O) groups is 2. The van der Waals surface area contributed by atoms with Gasteiger partial charge in [-0.2, -0.15) is 0 Å². The fourth-order valence-corrected chi connectivity index (χ4v) is 2.56. The summed E-state index contributed by atoms with van der Waals surface area (Å²) in [6.45, 7) is 0.184. The second-order valence-electron chi connectivity index (χ2n) is 5.54. The first-order valence-electron chi connectivity index (χ1n) is 7.46. The topological polar surface area (TPSA) is 71.3 Å². The van der Waals surface area contributed by atoms with Gasteiger partial charge in [-0.05, 0) is 36.1 Å². The first-order chi connectivity index (χ1) is 11.1. The summed E-state index contributed by atoms with van der Waals surface area (Å²) in [7, 11) is 0. The Bertz CT molecular complexity index is 700. The van der Waals surface area contributed by atoms with Gasteiger partial charge in [0.25, 0.3) is 0 Å². The Morgan fingerprint density at radius 1 is 1.17 bits per heavy atom. The molecular weight excluding hydrogens is 299 g/mol. The highest BCUT2D eigenvalue weighted by Gasteiger charge is 2.45. The lowest BCUT2D eigenvalue weighted by Gasteiger charge is -2.06. The molecule has 0 aliphatic heterocycles. The zero-order valence-corrected chi connectivity index (χ0v) is 12.4. The first-order valence-corrected chi connectivity index (χ1v) is 7.46. The van der Waals surface area contributed by atoms with Crippen LogP contribution in [0.2, 0.25) is 0 Å². The number of carbonyl (C=O) groups excluding carboxylic acids is 2. The van der Waals surface area contributed by atoms with Gasteiger partial charge in [0, 0.05) is 5.92 Å². The largest absolute Gasteiger partial charge is 0.467 e. The van der Waals surface area contributed by atoms with Gasteiger partial charge in [-0.1, -0.05) is 18.2 Å². The maximum absolute atomic E-state index is 13.7. The summed E-state index contributed by atoms with van der Waals surface area (Å²) >= 11 is 0. The van der Waals surface area contributed by atoms with Crippen LogP contribution in [0, 0.1) is 11.7 Å². The van der Waals surface area contributed by atoms with E-state index < -0.39 is 0 Å². The van der Waals surface area contributed by atoms with Crippen LogP contribution in [0.15, 0.2) is 47.1 Å². The quantitative estimate of drug-likeness (QED) is 0.856. The molecule has 0 spiro atoms. The maximum atomic E-state index is 13.7. The minimum Gasteiger partial charge on any atom is -0.467 e. The van der Waals surface area contributed by atoms with Crippen molar-refractivity contribution in [1.82, 2.24) is 10.6 Å². The number of furan rings is 1. The number of benzene rings is 1. The lowest BCUT2D eigenvalue weighted by molar-refractivity contribution is -0.127. The normalized spacial score (nSPS) is 19.2. The van der Waals surface area contributed by atoms with Crippen LogP contribution in [-0.2, 0) is 16.1 Å². The molecule has 5 nitrogen and oxygen atoms in total. The minimum atomic E-state index is -0.294. The van der Waals surface area contributed by atoms with E-state index in [0.29, 0.717) is 17.7 Å². The third-order valence-electron chi connectivity index (χ3n) is 3.89. The van der Waals surface area contributed by atoms with Crippen molar-refractivity contribution >= 4 is 11.8 Å². The molecule has 1 aliphatic rings. The Balaban J connectivity index is 1.42. The highest BCUT2D eigenvalue weighted by Crippen LogP contribution is 2.48. The molecule has 0 saturated heterocycles. The highest BCUT2D eigenvalue weighted by atomic mass is 19.1. The summed E-state index contributed by atoms with van der Waals surface area (Å²) in [6, 6.07) is 9.96. The summed E-state index contributed by atoms with van der Waals surface area (Å²) < 4.78 is 18.8. The molecule has 1 aromatic carbocycles. The van der Waals surface area contributed by atoms with Crippen molar-refractivity contribution in [1.29, 1.82) is 0 Å². The highest BCUT2D eigenvalue weighted by molar-refractivity contribution is 5.87. The van der Waals surface area contributed by atoms with Crippen LogP contribution in [0.1, 0.15) is 23.7 Å². The fraction of sp³-hybridized carbons (Fsp3) is 0.294. The average Bonchev–Trinajstić information content (AvgIpc) is 3.17. The molecule has 2 unspecified atom stereocenters. The summed E-state index contributed by atoms with van der Waals surface area (Å²) in [4.78, 5) is 23.7. The van der Waals surface area contributed by atoms with Gasteiger partial charge >= 0.3 is 0 Å². The van der Waals surface area contributed by atoms with Crippen LogP contribution in [-0.4, -0.2) is 18.4 Å². The Labute approximate surface area is 132 Å². The number of hydrogen-bond donors (Lipinski definition) is 2. The van der Waals surface area contributed by atoms with Gasteiger partial charge in [-0.3, -0.25) is 9.59 Å². The Kier molecular flexibility index (Phi) is 4.41. The van der Waals surface area contributed by atoms with Gasteiger partial charge in [0.05, 0.1) is 19.4 Å². The second-order valence-corrected chi connectivity index (χ2v) is 5.54. The summed E-state index contributed by atoms with van der Waals surface area (Å²) in [5, 5.41) is 5.23. The van der Waals surface area contributed by atoms with Gasteiger partial charge in [-0.25, -0.2) is 4.39 Å². The van der Waals surface area contributed by atoms with Crippen LogP contribution in [0.4, 0.5) is 4.39 Å². The van der Waals surface area contributed by atoms with Crippen LogP contribution in [0.25, 0.3) is 0 Å². The van der Waals surface area contributed by atoms with Crippen molar-refractivity contribution in [2.24, 2.45) is 5.92 Å². The molecule has 2 atom stereocenters. The SMILES string of the molecule is O=C(CNC(=O)C1CC1c1ccccc1F)NCc1ccco1. The zero-order chi connectivity index (χ0) is 16.2. The van der Waals surface area contributed by atoms with Gasteiger partial charge in [-0.15, -0.1) is 0 Å². The maximum Gasteiger partial charge on any atom is 0.239 e. The Hall–Kier alpha value is -2.63.